The minimum Gasteiger partial charge on any atom is -0.356 e. The van der Waals surface area contributed by atoms with E-state index in [1.165, 1.54) is 17.9 Å². The highest BCUT2D eigenvalue weighted by Crippen LogP contribution is 2.18. The summed E-state index contributed by atoms with van der Waals surface area (Å²) in [6.45, 7) is 2.21. The van der Waals surface area contributed by atoms with Gasteiger partial charge in [-0.15, -0.1) is 0 Å². The van der Waals surface area contributed by atoms with Crippen LogP contribution >= 0.6 is 23.4 Å². The predicted molar refractivity (Wildman–Crippen MR) is 63.4 cm³/mol. The van der Waals surface area contributed by atoms with Crippen molar-refractivity contribution in [3.63, 3.8) is 0 Å². The first-order chi connectivity index (χ1) is 6.86. The molecule has 1 aromatic rings. The molecule has 76 valence electrons. The van der Waals surface area contributed by atoms with Crippen LogP contribution in [0.1, 0.15) is 6.42 Å². The van der Waals surface area contributed by atoms with Crippen LogP contribution in [0.15, 0.2) is 18.3 Å². The first kappa shape index (κ1) is 10.1. The summed E-state index contributed by atoms with van der Waals surface area (Å²) in [5.74, 6) is 3.52. The second kappa shape index (κ2) is 4.89. The molecule has 0 radical (unpaired) electrons. The molecule has 1 aliphatic rings. The number of pyridine rings is 1. The molecule has 2 heterocycles. The Balaban J connectivity index is 2.08. The Bertz CT molecular complexity index is 281. The Labute approximate surface area is 93.7 Å². The van der Waals surface area contributed by atoms with Crippen LogP contribution in [0.5, 0.6) is 0 Å². The fraction of sp³-hybridized carbons (Fsp3) is 0.500. The van der Waals surface area contributed by atoms with E-state index in [0.717, 1.165) is 18.9 Å². The number of aromatic nitrogens is 1. The molecule has 1 fully saturated rings. The second-order valence-electron chi connectivity index (χ2n) is 3.29. The SMILES string of the molecule is Clc1ccc(N2CCCSCC2)nc1. The van der Waals surface area contributed by atoms with E-state index in [-0.39, 0.29) is 0 Å². The molecule has 0 saturated carbocycles. The van der Waals surface area contributed by atoms with Crippen molar-refractivity contribution in [2.45, 2.75) is 6.42 Å². The maximum absolute atomic E-state index is 5.80. The number of thioether (sulfide) groups is 1. The fourth-order valence-corrected chi connectivity index (χ4v) is 2.53. The summed E-state index contributed by atoms with van der Waals surface area (Å²) in [6.07, 6.45) is 2.96. The maximum atomic E-state index is 5.80. The zero-order chi connectivity index (χ0) is 9.80. The molecule has 0 spiro atoms. The van der Waals surface area contributed by atoms with E-state index in [4.69, 9.17) is 11.6 Å². The highest BCUT2D eigenvalue weighted by molar-refractivity contribution is 7.99. The third-order valence-corrected chi connectivity index (χ3v) is 3.53. The third-order valence-electron chi connectivity index (χ3n) is 2.26. The summed E-state index contributed by atoms with van der Waals surface area (Å²) in [7, 11) is 0. The van der Waals surface area contributed by atoms with E-state index in [1.807, 2.05) is 23.9 Å². The lowest BCUT2D eigenvalue weighted by Gasteiger charge is -2.20. The molecular formula is C10H13ClN2S. The summed E-state index contributed by atoms with van der Waals surface area (Å²) < 4.78 is 0. The molecule has 2 nitrogen and oxygen atoms in total. The van der Waals surface area contributed by atoms with Gasteiger partial charge in [-0.2, -0.15) is 11.8 Å². The van der Waals surface area contributed by atoms with Crippen molar-refractivity contribution in [3.05, 3.63) is 23.4 Å². The van der Waals surface area contributed by atoms with Gasteiger partial charge in [-0.05, 0) is 24.3 Å². The Morgan fingerprint density at radius 2 is 2.21 bits per heavy atom. The quantitative estimate of drug-likeness (QED) is 0.735. The average molecular weight is 229 g/mol. The first-order valence-electron chi connectivity index (χ1n) is 4.80. The van der Waals surface area contributed by atoms with Gasteiger partial charge >= 0.3 is 0 Å². The van der Waals surface area contributed by atoms with Gasteiger partial charge in [0, 0.05) is 25.0 Å². The number of nitrogens with zero attached hydrogens (tertiary/aromatic N) is 2. The Kier molecular flexibility index (Phi) is 3.54. The summed E-state index contributed by atoms with van der Waals surface area (Å²) in [4.78, 5) is 6.66. The van der Waals surface area contributed by atoms with Crippen LogP contribution < -0.4 is 4.90 Å². The third kappa shape index (κ3) is 2.55. The standard InChI is InChI=1S/C10H13ClN2S/c11-9-2-3-10(12-8-9)13-4-1-6-14-7-5-13/h2-3,8H,1,4-7H2. The van der Waals surface area contributed by atoms with Crippen LogP contribution in [0.25, 0.3) is 0 Å². The number of halogens is 1. The molecule has 0 atom stereocenters. The predicted octanol–water partition coefficient (Wildman–Crippen LogP) is 2.68. The molecule has 0 unspecified atom stereocenters. The molecule has 1 aliphatic heterocycles. The molecule has 4 heteroatoms. The van der Waals surface area contributed by atoms with Gasteiger partial charge in [0.1, 0.15) is 5.82 Å². The fourth-order valence-electron chi connectivity index (χ4n) is 1.53. The molecule has 0 aromatic carbocycles. The van der Waals surface area contributed by atoms with Crippen molar-refractivity contribution < 1.29 is 0 Å². The van der Waals surface area contributed by atoms with Crippen molar-refractivity contribution in [1.29, 1.82) is 0 Å². The van der Waals surface area contributed by atoms with Crippen LogP contribution in [-0.2, 0) is 0 Å². The second-order valence-corrected chi connectivity index (χ2v) is 4.95. The number of hydrogen-bond donors (Lipinski definition) is 0. The molecule has 2 rings (SSSR count). The van der Waals surface area contributed by atoms with Crippen molar-refractivity contribution in [3.8, 4) is 0 Å². The van der Waals surface area contributed by atoms with E-state index in [1.54, 1.807) is 6.20 Å². The van der Waals surface area contributed by atoms with Crippen LogP contribution in [0.4, 0.5) is 5.82 Å². The molecule has 1 saturated heterocycles. The van der Waals surface area contributed by atoms with Crippen LogP contribution in [0, 0.1) is 0 Å². The van der Waals surface area contributed by atoms with Gasteiger partial charge in [-0.25, -0.2) is 4.98 Å². The lowest BCUT2D eigenvalue weighted by atomic mass is 10.3. The minimum absolute atomic E-state index is 0.706. The largest absolute Gasteiger partial charge is 0.356 e. The Morgan fingerprint density at radius 3 is 3.00 bits per heavy atom. The van der Waals surface area contributed by atoms with E-state index in [2.05, 4.69) is 9.88 Å². The first-order valence-corrected chi connectivity index (χ1v) is 6.34. The van der Waals surface area contributed by atoms with Gasteiger partial charge in [-0.3, -0.25) is 0 Å². The molecule has 0 aliphatic carbocycles. The molecule has 1 aromatic heterocycles. The summed E-state index contributed by atoms with van der Waals surface area (Å²) >= 11 is 7.82. The zero-order valence-corrected chi connectivity index (χ0v) is 9.52. The van der Waals surface area contributed by atoms with Crippen LogP contribution in [0.2, 0.25) is 5.02 Å². The van der Waals surface area contributed by atoms with E-state index in [0.29, 0.717) is 5.02 Å². The van der Waals surface area contributed by atoms with Gasteiger partial charge in [0.15, 0.2) is 0 Å². The molecular weight excluding hydrogens is 216 g/mol. The van der Waals surface area contributed by atoms with E-state index in [9.17, 15) is 0 Å². The molecule has 0 bridgehead atoms. The lowest BCUT2D eigenvalue weighted by Crippen LogP contribution is -2.26. The highest BCUT2D eigenvalue weighted by Gasteiger charge is 2.10. The summed E-state index contributed by atoms with van der Waals surface area (Å²) in [5.41, 5.74) is 0. The van der Waals surface area contributed by atoms with Crippen LogP contribution in [0.3, 0.4) is 0 Å². The van der Waals surface area contributed by atoms with Gasteiger partial charge in [-0.1, -0.05) is 11.6 Å². The van der Waals surface area contributed by atoms with Crippen molar-refractivity contribution in [2.24, 2.45) is 0 Å². The number of rotatable bonds is 1. The molecule has 0 N–H and O–H groups in total. The van der Waals surface area contributed by atoms with E-state index >= 15 is 0 Å². The van der Waals surface area contributed by atoms with Crippen molar-refractivity contribution in [1.82, 2.24) is 4.98 Å². The summed E-state index contributed by atoms with van der Waals surface area (Å²) in [6, 6.07) is 3.90. The topological polar surface area (TPSA) is 16.1 Å². The zero-order valence-electron chi connectivity index (χ0n) is 7.95. The lowest BCUT2D eigenvalue weighted by molar-refractivity contribution is 0.801. The van der Waals surface area contributed by atoms with Crippen molar-refractivity contribution in [2.75, 3.05) is 29.5 Å². The minimum atomic E-state index is 0.706. The number of anilines is 1. The normalized spacial score (nSPS) is 17.9. The van der Waals surface area contributed by atoms with Gasteiger partial charge in [0.25, 0.3) is 0 Å². The van der Waals surface area contributed by atoms with Gasteiger partial charge in [0.2, 0.25) is 0 Å². The van der Waals surface area contributed by atoms with Gasteiger partial charge < -0.3 is 4.90 Å². The smallest absolute Gasteiger partial charge is 0.128 e. The Hall–Kier alpha value is -0.410. The number of hydrogen-bond acceptors (Lipinski definition) is 3. The maximum Gasteiger partial charge on any atom is 0.128 e. The van der Waals surface area contributed by atoms with E-state index < -0.39 is 0 Å². The molecule has 14 heavy (non-hydrogen) atoms. The van der Waals surface area contributed by atoms with Crippen molar-refractivity contribution >= 4 is 29.2 Å². The highest BCUT2D eigenvalue weighted by atomic mass is 35.5. The summed E-state index contributed by atoms with van der Waals surface area (Å²) in [5, 5.41) is 0.706. The van der Waals surface area contributed by atoms with Crippen LogP contribution in [-0.4, -0.2) is 29.6 Å². The monoisotopic (exact) mass is 228 g/mol. The van der Waals surface area contributed by atoms with Gasteiger partial charge in [0.05, 0.1) is 5.02 Å². The molecule has 0 amide bonds. The Morgan fingerprint density at radius 1 is 1.29 bits per heavy atom. The average Bonchev–Trinajstić information content (AvgIpc) is 2.47.